The highest BCUT2D eigenvalue weighted by molar-refractivity contribution is 6.30. The van der Waals surface area contributed by atoms with E-state index in [1.165, 1.54) is 0 Å². The van der Waals surface area contributed by atoms with Gasteiger partial charge in [0, 0.05) is 17.8 Å². The standard InChI is InChI=1S/C15H13ClN2O/c1-11-6-8-18(15(19)14(11)10-17)9-7-12-2-4-13(16)5-3-12/h2-6,8H,7,9H2,1H3. The van der Waals surface area contributed by atoms with Gasteiger partial charge in [0.05, 0.1) is 0 Å². The van der Waals surface area contributed by atoms with E-state index in [-0.39, 0.29) is 11.1 Å². The zero-order valence-electron chi connectivity index (χ0n) is 10.6. The Morgan fingerprint density at radius 2 is 1.95 bits per heavy atom. The normalized spacial score (nSPS) is 10.2. The molecule has 1 aromatic heterocycles. The summed E-state index contributed by atoms with van der Waals surface area (Å²) in [6.07, 6.45) is 2.46. The van der Waals surface area contributed by atoms with E-state index in [2.05, 4.69) is 0 Å². The maximum absolute atomic E-state index is 12.0. The third-order valence-electron chi connectivity index (χ3n) is 3.04. The molecule has 0 N–H and O–H groups in total. The second-order valence-electron chi connectivity index (χ2n) is 4.36. The molecule has 0 aliphatic carbocycles. The molecule has 0 aliphatic heterocycles. The van der Waals surface area contributed by atoms with Crippen molar-refractivity contribution < 1.29 is 0 Å². The van der Waals surface area contributed by atoms with Crippen LogP contribution in [0, 0.1) is 18.3 Å². The summed E-state index contributed by atoms with van der Waals surface area (Å²) in [6, 6.07) is 11.3. The number of nitrogens with zero attached hydrogens (tertiary/aromatic N) is 2. The smallest absolute Gasteiger partial charge is 0.268 e. The van der Waals surface area contributed by atoms with Crippen molar-refractivity contribution in [1.29, 1.82) is 5.26 Å². The quantitative estimate of drug-likeness (QED) is 0.862. The Hall–Kier alpha value is -2.05. The molecule has 4 heteroatoms. The molecule has 0 saturated heterocycles. The van der Waals surface area contributed by atoms with Crippen molar-refractivity contribution in [3.05, 3.63) is 68.6 Å². The van der Waals surface area contributed by atoms with Crippen molar-refractivity contribution in [3.8, 4) is 6.07 Å². The monoisotopic (exact) mass is 272 g/mol. The number of hydrogen-bond acceptors (Lipinski definition) is 2. The van der Waals surface area contributed by atoms with Crippen LogP contribution in [0.4, 0.5) is 0 Å². The van der Waals surface area contributed by atoms with E-state index in [0.717, 1.165) is 17.5 Å². The van der Waals surface area contributed by atoms with Crippen molar-refractivity contribution in [1.82, 2.24) is 4.57 Å². The SMILES string of the molecule is Cc1ccn(CCc2ccc(Cl)cc2)c(=O)c1C#N. The Labute approximate surface area is 116 Å². The third-order valence-corrected chi connectivity index (χ3v) is 3.29. The molecule has 0 aliphatic rings. The van der Waals surface area contributed by atoms with E-state index in [4.69, 9.17) is 16.9 Å². The Morgan fingerprint density at radius 1 is 1.26 bits per heavy atom. The molecule has 0 unspecified atom stereocenters. The summed E-state index contributed by atoms with van der Waals surface area (Å²) in [7, 11) is 0. The Morgan fingerprint density at radius 3 is 2.58 bits per heavy atom. The number of benzene rings is 1. The lowest BCUT2D eigenvalue weighted by Gasteiger charge is -2.07. The van der Waals surface area contributed by atoms with E-state index in [0.29, 0.717) is 11.6 Å². The van der Waals surface area contributed by atoms with Gasteiger partial charge in [-0.2, -0.15) is 5.26 Å². The fourth-order valence-electron chi connectivity index (χ4n) is 1.88. The van der Waals surface area contributed by atoms with Crippen molar-refractivity contribution in [2.24, 2.45) is 0 Å². The number of nitriles is 1. The summed E-state index contributed by atoms with van der Waals surface area (Å²) in [4.78, 5) is 12.0. The van der Waals surface area contributed by atoms with Gasteiger partial charge in [0.15, 0.2) is 0 Å². The molecule has 0 fully saturated rings. The number of pyridine rings is 1. The van der Waals surface area contributed by atoms with Crippen LogP contribution >= 0.6 is 11.6 Å². The number of halogens is 1. The van der Waals surface area contributed by atoms with Crippen LogP contribution in [-0.4, -0.2) is 4.57 Å². The average molecular weight is 273 g/mol. The maximum Gasteiger partial charge on any atom is 0.268 e. The first kappa shape index (κ1) is 13.4. The predicted octanol–water partition coefficient (Wildman–Crippen LogP) is 2.92. The highest BCUT2D eigenvalue weighted by Gasteiger charge is 2.06. The molecule has 0 bridgehead atoms. The van der Waals surface area contributed by atoms with Gasteiger partial charge in [0.2, 0.25) is 0 Å². The summed E-state index contributed by atoms with van der Waals surface area (Å²) in [5.41, 5.74) is 1.82. The second kappa shape index (κ2) is 5.73. The number of hydrogen-bond donors (Lipinski definition) is 0. The molecular formula is C15H13ClN2O. The van der Waals surface area contributed by atoms with Gasteiger partial charge in [0.25, 0.3) is 5.56 Å². The number of rotatable bonds is 3. The largest absolute Gasteiger partial charge is 0.314 e. The van der Waals surface area contributed by atoms with Gasteiger partial charge in [-0.05, 0) is 42.7 Å². The Balaban J connectivity index is 2.19. The van der Waals surface area contributed by atoms with Gasteiger partial charge in [-0.1, -0.05) is 23.7 Å². The van der Waals surface area contributed by atoms with Gasteiger partial charge >= 0.3 is 0 Å². The van der Waals surface area contributed by atoms with Gasteiger partial charge in [-0.25, -0.2) is 0 Å². The first-order valence-electron chi connectivity index (χ1n) is 5.96. The van der Waals surface area contributed by atoms with Crippen LogP contribution in [0.5, 0.6) is 0 Å². The van der Waals surface area contributed by atoms with Crippen molar-refractivity contribution in [3.63, 3.8) is 0 Å². The lowest BCUT2D eigenvalue weighted by molar-refractivity contribution is 0.666. The fourth-order valence-corrected chi connectivity index (χ4v) is 2.00. The minimum atomic E-state index is -0.225. The zero-order valence-corrected chi connectivity index (χ0v) is 11.3. The van der Waals surface area contributed by atoms with E-state index < -0.39 is 0 Å². The molecular weight excluding hydrogens is 260 g/mol. The van der Waals surface area contributed by atoms with Crippen LogP contribution in [0.1, 0.15) is 16.7 Å². The average Bonchev–Trinajstić information content (AvgIpc) is 2.40. The number of aryl methyl sites for hydroxylation is 3. The highest BCUT2D eigenvalue weighted by atomic mass is 35.5. The van der Waals surface area contributed by atoms with Crippen LogP contribution in [-0.2, 0) is 13.0 Å². The predicted molar refractivity (Wildman–Crippen MR) is 75.3 cm³/mol. The summed E-state index contributed by atoms with van der Waals surface area (Å²) in [6.45, 7) is 2.32. The third kappa shape index (κ3) is 3.04. The van der Waals surface area contributed by atoms with Gasteiger partial charge in [-0.15, -0.1) is 0 Å². The van der Waals surface area contributed by atoms with Crippen LogP contribution in [0.3, 0.4) is 0 Å². The molecule has 2 rings (SSSR count). The zero-order chi connectivity index (χ0) is 13.8. The molecule has 96 valence electrons. The van der Waals surface area contributed by atoms with Crippen molar-refractivity contribution in [2.45, 2.75) is 19.9 Å². The van der Waals surface area contributed by atoms with E-state index in [9.17, 15) is 4.79 Å². The van der Waals surface area contributed by atoms with Gasteiger partial charge in [-0.3, -0.25) is 4.79 Å². The molecule has 1 aromatic carbocycles. The maximum atomic E-state index is 12.0. The molecule has 0 saturated carbocycles. The topological polar surface area (TPSA) is 45.8 Å². The van der Waals surface area contributed by atoms with Gasteiger partial charge < -0.3 is 4.57 Å². The second-order valence-corrected chi connectivity index (χ2v) is 4.80. The molecule has 2 aromatic rings. The van der Waals surface area contributed by atoms with Crippen LogP contribution < -0.4 is 5.56 Å². The highest BCUT2D eigenvalue weighted by Crippen LogP contribution is 2.10. The number of aromatic nitrogens is 1. The summed E-state index contributed by atoms with van der Waals surface area (Å²) in [5.74, 6) is 0. The molecule has 0 atom stereocenters. The molecule has 0 radical (unpaired) electrons. The molecule has 19 heavy (non-hydrogen) atoms. The van der Waals surface area contributed by atoms with Crippen LogP contribution in [0.2, 0.25) is 5.02 Å². The minimum absolute atomic E-state index is 0.221. The summed E-state index contributed by atoms with van der Waals surface area (Å²) < 4.78 is 1.57. The Bertz CT molecular complexity index is 681. The molecule has 0 spiro atoms. The van der Waals surface area contributed by atoms with E-state index in [1.807, 2.05) is 30.3 Å². The van der Waals surface area contributed by atoms with E-state index in [1.54, 1.807) is 23.8 Å². The minimum Gasteiger partial charge on any atom is -0.314 e. The van der Waals surface area contributed by atoms with Crippen LogP contribution in [0.15, 0.2) is 41.3 Å². The van der Waals surface area contributed by atoms with Crippen molar-refractivity contribution in [2.75, 3.05) is 0 Å². The molecule has 3 nitrogen and oxygen atoms in total. The molecule has 0 amide bonds. The van der Waals surface area contributed by atoms with Crippen molar-refractivity contribution >= 4 is 11.6 Å². The first-order valence-corrected chi connectivity index (χ1v) is 6.34. The first-order chi connectivity index (χ1) is 9.11. The van der Waals surface area contributed by atoms with Crippen LogP contribution in [0.25, 0.3) is 0 Å². The fraction of sp³-hybridized carbons (Fsp3) is 0.200. The van der Waals surface area contributed by atoms with Gasteiger partial charge in [0.1, 0.15) is 11.6 Å². The lowest BCUT2D eigenvalue weighted by Crippen LogP contribution is -2.23. The summed E-state index contributed by atoms with van der Waals surface area (Å²) in [5, 5.41) is 9.66. The Kier molecular flexibility index (Phi) is 4.03. The summed E-state index contributed by atoms with van der Waals surface area (Å²) >= 11 is 5.82. The van der Waals surface area contributed by atoms with E-state index >= 15 is 0 Å². The lowest BCUT2D eigenvalue weighted by atomic mass is 10.1. The molecule has 1 heterocycles.